The molecule has 1 saturated heterocycles. The predicted molar refractivity (Wildman–Crippen MR) is 92.1 cm³/mol. The van der Waals surface area contributed by atoms with Crippen LogP contribution in [0.4, 0.5) is 0 Å². The van der Waals surface area contributed by atoms with Gasteiger partial charge in [-0.15, -0.1) is 0 Å². The van der Waals surface area contributed by atoms with Crippen molar-refractivity contribution in [1.82, 2.24) is 9.80 Å². The third-order valence-electron chi connectivity index (χ3n) is 5.11. The third-order valence-corrected chi connectivity index (χ3v) is 5.11. The van der Waals surface area contributed by atoms with Gasteiger partial charge in [-0.25, -0.2) is 0 Å². The summed E-state index contributed by atoms with van der Waals surface area (Å²) in [6.45, 7) is 6.66. The van der Waals surface area contributed by atoms with Crippen LogP contribution in [0.25, 0.3) is 0 Å². The molecule has 0 aromatic heterocycles. The zero-order valence-electron chi connectivity index (χ0n) is 14.8. The van der Waals surface area contributed by atoms with Gasteiger partial charge in [0.1, 0.15) is 5.75 Å². The number of hydrogen-bond donors (Lipinski definition) is 0. The standard InChI is InChI=1S/C19H26N2O3/c1-13-10-16(17(24-3)11-14(13)2)12-18(22)20-6-8-21(9-7-20)19(23)15-4-5-15/h10-11,15H,4-9,12H2,1-3H3. The van der Waals surface area contributed by atoms with Gasteiger partial charge < -0.3 is 14.5 Å². The van der Waals surface area contributed by atoms with E-state index in [9.17, 15) is 9.59 Å². The predicted octanol–water partition coefficient (Wildman–Crippen LogP) is 1.94. The highest BCUT2D eigenvalue weighted by molar-refractivity contribution is 5.82. The molecule has 1 aromatic rings. The number of hydrogen-bond acceptors (Lipinski definition) is 3. The Morgan fingerprint density at radius 3 is 2.21 bits per heavy atom. The van der Waals surface area contributed by atoms with Crippen LogP contribution in [0.15, 0.2) is 12.1 Å². The van der Waals surface area contributed by atoms with Gasteiger partial charge in [-0.3, -0.25) is 9.59 Å². The average molecular weight is 330 g/mol. The highest BCUT2D eigenvalue weighted by Crippen LogP contribution is 2.31. The Morgan fingerprint density at radius 2 is 1.62 bits per heavy atom. The van der Waals surface area contributed by atoms with Crippen molar-refractivity contribution in [3.05, 3.63) is 28.8 Å². The summed E-state index contributed by atoms with van der Waals surface area (Å²) >= 11 is 0. The summed E-state index contributed by atoms with van der Waals surface area (Å²) in [6, 6.07) is 4.03. The highest BCUT2D eigenvalue weighted by Gasteiger charge is 2.35. The number of piperazine rings is 1. The lowest BCUT2D eigenvalue weighted by Crippen LogP contribution is -2.51. The Kier molecular flexibility index (Phi) is 4.78. The van der Waals surface area contributed by atoms with Crippen LogP contribution >= 0.6 is 0 Å². The zero-order valence-corrected chi connectivity index (χ0v) is 14.8. The molecule has 0 spiro atoms. The van der Waals surface area contributed by atoms with Gasteiger partial charge in [0.05, 0.1) is 13.5 Å². The van der Waals surface area contributed by atoms with E-state index in [1.54, 1.807) is 7.11 Å². The number of nitrogens with zero attached hydrogens (tertiary/aromatic N) is 2. The molecule has 1 aromatic carbocycles. The molecule has 2 aliphatic rings. The molecular formula is C19H26N2O3. The molecular weight excluding hydrogens is 304 g/mol. The topological polar surface area (TPSA) is 49.9 Å². The second-order valence-electron chi connectivity index (χ2n) is 6.91. The van der Waals surface area contributed by atoms with Crippen LogP contribution in [0.2, 0.25) is 0 Å². The lowest BCUT2D eigenvalue weighted by atomic mass is 10.0. The van der Waals surface area contributed by atoms with Gasteiger partial charge in [0.2, 0.25) is 11.8 Å². The van der Waals surface area contributed by atoms with Gasteiger partial charge in [0.25, 0.3) is 0 Å². The monoisotopic (exact) mass is 330 g/mol. The van der Waals surface area contributed by atoms with E-state index in [0.29, 0.717) is 32.6 Å². The van der Waals surface area contributed by atoms with Crippen LogP contribution in [0.5, 0.6) is 5.75 Å². The van der Waals surface area contributed by atoms with Crippen LogP contribution in [-0.2, 0) is 16.0 Å². The van der Waals surface area contributed by atoms with Gasteiger partial charge in [-0.05, 0) is 43.9 Å². The number of amides is 2. The summed E-state index contributed by atoms with van der Waals surface area (Å²) in [6.07, 6.45) is 2.41. The maximum absolute atomic E-state index is 12.6. The molecule has 130 valence electrons. The van der Waals surface area contributed by atoms with Crippen LogP contribution in [0, 0.1) is 19.8 Å². The highest BCUT2D eigenvalue weighted by atomic mass is 16.5. The molecule has 2 fully saturated rings. The minimum absolute atomic E-state index is 0.107. The second-order valence-corrected chi connectivity index (χ2v) is 6.91. The number of aryl methyl sites for hydroxylation is 2. The molecule has 1 heterocycles. The van der Waals surface area contributed by atoms with Crippen LogP contribution in [-0.4, -0.2) is 54.9 Å². The number of carbonyl (C=O) groups is 2. The normalized spacial score (nSPS) is 17.8. The van der Waals surface area contributed by atoms with Gasteiger partial charge >= 0.3 is 0 Å². The molecule has 1 aliphatic carbocycles. The third kappa shape index (κ3) is 3.55. The number of benzene rings is 1. The average Bonchev–Trinajstić information content (AvgIpc) is 3.42. The first-order valence-electron chi connectivity index (χ1n) is 8.70. The number of rotatable bonds is 4. The Balaban J connectivity index is 1.60. The molecule has 3 rings (SSSR count). The number of carbonyl (C=O) groups excluding carboxylic acids is 2. The lowest BCUT2D eigenvalue weighted by Gasteiger charge is -2.35. The largest absolute Gasteiger partial charge is 0.496 e. The first kappa shape index (κ1) is 16.8. The fourth-order valence-corrected chi connectivity index (χ4v) is 3.22. The van der Waals surface area contributed by atoms with Gasteiger partial charge in [0.15, 0.2) is 0 Å². The van der Waals surface area contributed by atoms with Crippen molar-refractivity contribution in [3.8, 4) is 5.75 Å². The summed E-state index contributed by atoms with van der Waals surface area (Å²) in [7, 11) is 1.64. The molecule has 0 bridgehead atoms. The van der Waals surface area contributed by atoms with Crippen molar-refractivity contribution in [2.75, 3.05) is 33.3 Å². The van der Waals surface area contributed by atoms with Crippen molar-refractivity contribution >= 4 is 11.8 Å². The maximum Gasteiger partial charge on any atom is 0.227 e. The fraction of sp³-hybridized carbons (Fsp3) is 0.579. The van der Waals surface area contributed by atoms with Crippen molar-refractivity contribution in [2.45, 2.75) is 33.1 Å². The molecule has 5 nitrogen and oxygen atoms in total. The van der Waals surface area contributed by atoms with E-state index < -0.39 is 0 Å². The summed E-state index contributed by atoms with van der Waals surface area (Å²) in [5.41, 5.74) is 3.26. The molecule has 0 N–H and O–H groups in total. The van der Waals surface area contributed by atoms with E-state index in [1.165, 1.54) is 5.56 Å². The number of methoxy groups -OCH3 is 1. The van der Waals surface area contributed by atoms with Crippen LogP contribution in [0.1, 0.15) is 29.5 Å². The summed E-state index contributed by atoms with van der Waals surface area (Å²) in [5, 5.41) is 0. The number of ether oxygens (including phenoxy) is 1. The second kappa shape index (κ2) is 6.83. The van der Waals surface area contributed by atoms with Crippen LogP contribution in [0.3, 0.4) is 0 Å². The first-order chi connectivity index (χ1) is 11.5. The quantitative estimate of drug-likeness (QED) is 0.848. The SMILES string of the molecule is COc1cc(C)c(C)cc1CC(=O)N1CCN(C(=O)C2CC2)CC1. The van der Waals surface area contributed by atoms with Gasteiger partial charge in [-0.2, -0.15) is 0 Å². The maximum atomic E-state index is 12.6. The molecule has 1 aliphatic heterocycles. The summed E-state index contributed by atoms with van der Waals surface area (Å²) in [4.78, 5) is 28.5. The molecule has 0 radical (unpaired) electrons. The van der Waals surface area contributed by atoms with Gasteiger partial charge in [-0.1, -0.05) is 6.07 Å². The lowest BCUT2D eigenvalue weighted by molar-refractivity contribution is -0.140. The Hall–Kier alpha value is -2.04. The van der Waals surface area contributed by atoms with E-state index in [0.717, 1.165) is 29.7 Å². The Bertz CT molecular complexity index is 644. The molecule has 0 atom stereocenters. The molecule has 2 amide bonds. The van der Waals surface area contributed by atoms with Crippen LogP contribution < -0.4 is 4.74 Å². The fourth-order valence-electron chi connectivity index (χ4n) is 3.22. The van der Waals surface area contributed by atoms with Crippen molar-refractivity contribution in [2.24, 2.45) is 5.92 Å². The molecule has 5 heteroatoms. The van der Waals surface area contributed by atoms with Gasteiger partial charge in [0, 0.05) is 37.7 Å². The van der Waals surface area contributed by atoms with E-state index >= 15 is 0 Å². The Labute approximate surface area is 143 Å². The van der Waals surface area contributed by atoms with Crippen molar-refractivity contribution in [1.29, 1.82) is 0 Å². The van der Waals surface area contributed by atoms with E-state index in [-0.39, 0.29) is 17.7 Å². The molecule has 24 heavy (non-hydrogen) atoms. The van der Waals surface area contributed by atoms with Crippen molar-refractivity contribution in [3.63, 3.8) is 0 Å². The smallest absolute Gasteiger partial charge is 0.227 e. The summed E-state index contributed by atoms with van der Waals surface area (Å²) in [5.74, 6) is 1.41. The van der Waals surface area contributed by atoms with E-state index in [2.05, 4.69) is 0 Å². The molecule has 0 unspecified atom stereocenters. The minimum atomic E-state index is 0.107. The van der Waals surface area contributed by atoms with Crippen molar-refractivity contribution < 1.29 is 14.3 Å². The first-order valence-corrected chi connectivity index (χ1v) is 8.70. The summed E-state index contributed by atoms with van der Waals surface area (Å²) < 4.78 is 5.43. The minimum Gasteiger partial charge on any atom is -0.496 e. The van der Waals surface area contributed by atoms with E-state index in [1.807, 2.05) is 35.8 Å². The van der Waals surface area contributed by atoms with E-state index in [4.69, 9.17) is 4.74 Å². The molecule has 1 saturated carbocycles. The zero-order chi connectivity index (χ0) is 17.3. The Morgan fingerprint density at radius 1 is 1.04 bits per heavy atom.